The molecule has 1 rings (SSSR count). The number of aryl methyl sites for hydroxylation is 1. The molecule has 0 heterocycles. The van der Waals surface area contributed by atoms with Gasteiger partial charge in [-0.3, -0.25) is 0 Å². The molecular weight excluding hydrogens is 288 g/mol. The van der Waals surface area contributed by atoms with E-state index >= 15 is 0 Å². The Morgan fingerprint density at radius 1 is 1.14 bits per heavy atom. The minimum absolute atomic E-state index is 0.0329. The molecule has 22 heavy (non-hydrogen) atoms. The standard InChI is InChI=1S/C16H18O6/c1-3-14(17)21-8-4-5-9-22-16(20)13-10-11(2)6-7-12(13)15(18)19/h3,6-7,10H,1,4-5,8-9H2,2H3,(H,18,19). The molecule has 0 aromatic heterocycles. The van der Waals surface area contributed by atoms with Crippen molar-refractivity contribution in [2.45, 2.75) is 19.8 Å². The van der Waals surface area contributed by atoms with Crippen molar-refractivity contribution in [3.8, 4) is 0 Å². The van der Waals surface area contributed by atoms with Crippen molar-refractivity contribution in [3.05, 3.63) is 47.5 Å². The topological polar surface area (TPSA) is 89.9 Å². The van der Waals surface area contributed by atoms with E-state index in [1.165, 1.54) is 12.1 Å². The van der Waals surface area contributed by atoms with Gasteiger partial charge in [-0.1, -0.05) is 18.2 Å². The zero-order valence-electron chi connectivity index (χ0n) is 12.3. The van der Waals surface area contributed by atoms with Crippen LogP contribution < -0.4 is 0 Å². The fraction of sp³-hybridized carbons (Fsp3) is 0.312. The predicted octanol–water partition coefficient (Wildman–Crippen LogP) is 2.36. The van der Waals surface area contributed by atoms with Crippen LogP contribution in [0.1, 0.15) is 39.1 Å². The molecule has 0 radical (unpaired) electrons. The van der Waals surface area contributed by atoms with Crippen molar-refractivity contribution in [3.63, 3.8) is 0 Å². The van der Waals surface area contributed by atoms with Crippen molar-refractivity contribution in [1.29, 1.82) is 0 Å². The number of rotatable bonds is 8. The number of carboxylic acids is 1. The number of carbonyl (C=O) groups is 3. The number of carbonyl (C=O) groups excluding carboxylic acids is 2. The first-order chi connectivity index (χ1) is 10.5. The van der Waals surface area contributed by atoms with Gasteiger partial charge in [-0.05, 0) is 31.9 Å². The number of hydrogen-bond acceptors (Lipinski definition) is 5. The molecule has 1 N–H and O–H groups in total. The predicted molar refractivity (Wildman–Crippen MR) is 78.8 cm³/mol. The first-order valence-corrected chi connectivity index (χ1v) is 6.76. The highest BCUT2D eigenvalue weighted by atomic mass is 16.5. The first kappa shape index (κ1) is 17.4. The smallest absolute Gasteiger partial charge is 0.339 e. The molecule has 0 atom stereocenters. The summed E-state index contributed by atoms with van der Waals surface area (Å²) in [5, 5.41) is 9.06. The fourth-order valence-electron chi connectivity index (χ4n) is 1.69. The van der Waals surface area contributed by atoms with Crippen molar-refractivity contribution >= 4 is 17.9 Å². The third kappa shape index (κ3) is 5.40. The zero-order chi connectivity index (χ0) is 16.5. The van der Waals surface area contributed by atoms with Crippen molar-refractivity contribution in [2.24, 2.45) is 0 Å². The summed E-state index contributed by atoms with van der Waals surface area (Å²) in [6.45, 7) is 5.37. The van der Waals surface area contributed by atoms with E-state index in [4.69, 9.17) is 14.6 Å². The van der Waals surface area contributed by atoms with Crippen LogP contribution in [0.5, 0.6) is 0 Å². The summed E-state index contributed by atoms with van der Waals surface area (Å²) in [5.74, 6) is -2.35. The Morgan fingerprint density at radius 3 is 2.36 bits per heavy atom. The molecular formula is C16H18O6. The van der Waals surface area contributed by atoms with E-state index in [0.29, 0.717) is 12.8 Å². The quantitative estimate of drug-likeness (QED) is 0.450. The normalized spacial score (nSPS) is 9.86. The van der Waals surface area contributed by atoms with Crippen LogP contribution >= 0.6 is 0 Å². The van der Waals surface area contributed by atoms with Crippen LogP contribution in [0.25, 0.3) is 0 Å². The molecule has 0 aliphatic rings. The minimum atomic E-state index is -1.18. The maximum atomic E-state index is 11.9. The van der Waals surface area contributed by atoms with Crippen LogP contribution in [0.4, 0.5) is 0 Å². The van der Waals surface area contributed by atoms with Gasteiger partial charge in [-0.2, -0.15) is 0 Å². The van der Waals surface area contributed by atoms with E-state index in [1.54, 1.807) is 13.0 Å². The lowest BCUT2D eigenvalue weighted by Crippen LogP contribution is -2.13. The maximum absolute atomic E-state index is 11.9. The summed E-state index contributed by atoms with van der Waals surface area (Å²) < 4.78 is 9.82. The number of unbranched alkanes of at least 4 members (excludes halogenated alkanes) is 1. The van der Waals surface area contributed by atoms with Crippen LogP contribution in [0.3, 0.4) is 0 Å². The highest BCUT2D eigenvalue weighted by molar-refractivity contribution is 6.02. The van der Waals surface area contributed by atoms with Gasteiger partial charge in [0, 0.05) is 6.08 Å². The average Bonchev–Trinajstić information content (AvgIpc) is 2.49. The van der Waals surface area contributed by atoms with Gasteiger partial charge in [0.25, 0.3) is 0 Å². The highest BCUT2D eigenvalue weighted by Crippen LogP contribution is 2.13. The van der Waals surface area contributed by atoms with Gasteiger partial charge in [0.1, 0.15) is 0 Å². The monoisotopic (exact) mass is 306 g/mol. The number of benzene rings is 1. The van der Waals surface area contributed by atoms with E-state index in [9.17, 15) is 14.4 Å². The van der Waals surface area contributed by atoms with E-state index in [2.05, 4.69) is 6.58 Å². The van der Waals surface area contributed by atoms with E-state index in [-0.39, 0.29) is 24.3 Å². The molecule has 0 saturated carbocycles. The molecule has 118 valence electrons. The second-order valence-corrected chi connectivity index (χ2v) is 4.57. The molecule has 0 aliphatic heterocycles. The average molecular weight is 306 g/mol. The van der Waals surface area contributed by atoms with E-state index in [0.717, 1.165) is 11.6 Å². The number of hydrogen-bond donors (Lipinski definition) is 1. The Kier molecular flexibility index (Phi) is 6.82. The first-order valence-electron chi connectivity index (χ1n) is 6.76. The molecule has 0 aliphatic carbocycles. The Bertz CT molecular complexity index is 576. The van der Waals surface area contributed by atoms with E-state index < -0.39 is 17.9 Å². The van der Waals surface area contributed by atoms with Gasteiger partial charge in [0.2, 0.25) is 0 Å². The third-order valence-electron chi connectivity index (χ3n) is 2.81. The van der Waals surface area contributed by atoms with Gasteiger partial charge < -0.3 is 14.6 Å². The van der Waals surface area contributed by atoms with Gasteiger partial charge >= 0.3 is 17.9 Å². The highest BCUT2D eigenvalue weighted by Gasteiger charge is 2.17. The summed E-state index contributed by atoms with van der Waals surface area (Å²) >= 11 is 0. The molecule has 1 aromatic carbocycles. The SMILES string of the molecule is C=CC(=O)OCCCCOC(=O)c1cc(C)ccc1C(=O)O. The molecule has 0 fully saturated rings. The zero-order valence-corrected chi connectivity index (χ0v) is 12.3. The Morgan fingerprint density at radius 2 is 1.77 bits per heavy atom. The molecule has 6 nitrogen and oxygen atoms in total. The van der Waals surface area contributed by atoms with Crippen molar-refractivity contribution < 1.29 is 29.0 Å². The third-order valence-corrected chi connectivity index (χ3v) is 2.81. The van der Waals surface area contributed by atoms with E-state index in [1.807, 2.05) is 0 Å². The fourth-order valence-corrected chi connectivity index (χ4v) is 1.69. The maximum Gasteiger partial charge on any atom is 0.339 e. The van der Waals surface area contributed by atoms with Crippen LogP contribution in [0.2, 0.25) is 0 Å². The van der Waals surface area contributed by atoms with Gasteiger partial charge in [0.05, 0.1) is 24.3 Å². The molecule has 0 saturated heterocycles. The number of carboxylic acid groups (broad SMARTS) is 1. The molecule has 0 amide bonds. The second-order valence-electron chi connectivity index (χ2n) is 4.57. The minimum Gasteiger partial charge on any atom is -0.478 e. The van der Waals surface area contributed by atoms with Gasteiger partial charge in [0.15, 0.2) is 0 Å². The lowest BCUT2D eigenvalue weighted by molar-refractivity contribution is -0.137. The molecule has 0 spiro atoms. The molecule has 0 unspecified atom stereocenters. The van der Waals surface area contributed by atoms with Crippen LogP contribution in [-0.4, -0.2) is 36.2 Å². The summed E-state index contributed by atoms with van der Waals surface area (Å²) in [6, 6.07) is 4.48. The van der Waals surface area contributed by atoms with Gasteiger partial charge in [-0.15, -0.1) is 0 Å². The summed E-state index contributed by atoms with van der Waals surface area (Å²) in [4.78, 5) is 33.8. The Balaban J connectivity index is 2.46. The lowest BCUT2D eigenvalue weighted by Gasteiger charge is -2.08. The number of aromatic carboxylic acids is 1. The largest absolute Gasteiger partial charge is 0.478 e. The van der Waals surface area contributed by atoms with Crippen molar-refractivity contribution in [2.75, 3.05) is 13.2 Å². The Labute approximate surface area is 128 Å². The number of esters is 2. The van der Waals surface area contributed by atoms with Crippen LogP contribution in [0.15, 0.2) is 30.9 Å². The molecule has 6 heteroatoms. The van der Waals surface area contributed by atoms with Crippen LogP contribution in [-0.2, 0) is 14.3 Å². The summed E-state index contributed by atoms with van der Waals surface area (Å²) in [7, 11) is 0. The molecule has 0 bridgehead atoms. The Hall–Kier alpha value is -2.63. The summed E-state index contributed by atoms with van der Waals surface area (Å²) in [5.41, 5.74) is 0.717. The lowest BCUT2D eigenvalue weighted by atomic mass is 10.0. The second kappa shape index (κ2) is 8.61. The molecule has 1 aromatic rings. The number of ether oxygens (including phenoxy) is 2. The van der Waals surface area contributed by atoms with Crippen molar-refractivity contribution in [1.82, 2.24) is 0 Å². The summed E-state index contributed by atoms with van der Waals surface area (Å²) in [6.07, 6.45) is 2.11. The van der Waals surface area contributed by atoms with Gasteiger partial charge in [-0.25, -0.2) is 14.4 Å². The van der Waals surface area contributed by atoms with Crippen LogP contribution in [0, 0.1) is 6.92 Å².